The molecule has 0 aliphatic carbocycles. The summed E-state index contributed by atoms with van der Waals surface area (Å²) in [7, 11) is -4.67. The van der Waals surface area contributed by atoms with Gasteiger partial charge in [0.1, 0.15) is 11.6 Å². The minimum Gasteiger partial charge on any atom is -0.481 e. The Morgan fingerprint density at radius 3 is 2.38 bits per heavy atom. The molecule has 0 saturated heterocycles. The Labute approximate surface area is 205 Å². The lowest BCUT2D eigenvalue weighted by molar-refractivity contribution is -0.138. The molecule has 194 valence electrons. The molecular formula is C24H15F6NO5S. The molecule has 0 atom stereocenters. The van der Waals surface area contributed by atoms with Gasteiger partial charge in [0.25, 0.3) is 10.0 Å². The lowest BCUT2D eigenvalue weighted by Crippen LogP contribution is -2.14. The number of hydrogen-bond acceptors (Lipinski definition) is 4. The van der Waals surface area contributed by atoms with E-state index in [9.17, 15) is 44.7 Å². The van der Waals surface area contributed by atoms with Crippen molar-refractivity contribution in [1.29, 1.82) is 0 Å². The molecule has 0 aliphatic rings. The van der Waals surface area contributed by atoms with Crippen molar-refractivity contribution in [2.24, 2.45) is 0 Å². The first-order chi connectivity index (χ1) is 17.3. The maximum absolute atomic E-state index is 14.1. The van der Waals surface area contributed by atoms with Crippen molar-refractivity contribution in [1.82, 2.24) is 3.97 Å². The van der Waals surface area contributed by atoms with Gasteiger partial charge in [0.15, 0.2) is 0 Å². The number of carboxylic acids is 1. The van der Waals surface area contributed by atoms with Crippen molar-refractivity contribution in [3.63, 3.8) is 0 Å². The SMILES string of the molecule is O=C(O)Cc1cn(S(=O)(=O)c2cccc(C(F)(F)F)c2)c2cc(-c3cc(F)cc(OC(F)F)c3)ccc12. The zero-order chi connectivity index (χ0) is 27.1. The Morgan fingerprint density at radius 1 is 1.00 bits per heavy atom. The van der Waals surface area contributed by atoms with E-state index in [2.05, 4.69) is 4.74 Å². The van der Waals surface area contributed by atoms with Crippen LogP contribution in [0.3, 0.4) is 0 Å². The molecule has 0 saturated carbocycles. The number of carboxylic acid groups (broad SMARTS) is 1. The number of hydrogen-bond donors (Lipinski definition) is 1. The van der Waals surface area contributed by atoms with E-state index < -0.39 is 57.2 Å². The topological polar surface area (TPSA) is 85.6 Å². The zero-order valence-corrected chi connectivity index (χ0v) is 19.2. The number of rotatable bonds is 7. The minimum absolute atomic E-state index is 0.0292. The normalized spacial score (nSPS) is 12.3. The summed E-state index contributed by atoms with van der Waals surface area (Å²) >= 11 is 0. The van der Waals surface area contributed by atoms with Crippen LogP contribution in [0.2, 0.25) is 0 Å². The molecule has 1 N–H and O–H groups in total. The minimum atomic E-state index is -4.82. The largest absolute Gasteiger partial charge is 0.481 e. The number of halogens is 6. The fourth-order valence-corrected chi connectivity index (χ4v) is 5.22. The highest BCUT2D eigenvalue weighted by molar-refractivity contribution is 7.90. The average Bonchev–Trinajstić information content (AvgIpc) is 3.15. The quantitative estimate of drug-likeness (QED) is 0.292. The lowest BCUT2D eigenvalue weighted by atomic mass is 10.0. The summed E-state index contributed by atoms with van der Waals surface area (Å²) in [6.45, 7) is -3.23. The number of fused-ring (bicyclic) bond motifs is 1. The number of ether oxygens (including phenoxy) is 1. The average molecular weight is 543 g/mol. The van der Waals surface area contributed by atoms with Gasteiger partial charge in [0, 0.05) is 17.6 Å². The maximum Gasteiger partial charge on any atom is 0.416 e. The first-order valence-corrected chi connectivity index (χ1v) is 11.7. The molecule has 1 aromatic heterocycles. The molecule has 0 radical (unpaired) electrons. The molecule has 4 rings (SSSR count). The smallest absolute Gasteiger partial charge is 0.416 e. The second-order valence-electron chi connectivity index (χ2n) is 7.84. The highest BCUT2D eigenvalue weighted by Crippen LogP contribution is 2.35. The predicted molar refractivity (Wildman–Crippen MR) is 119 cm³/mol. The molecule has 0 spiro atoms. The molecule has 0 fully saturated rings. The van der Waals surface area contributed by atoms with E-state index in [0.29, 0.717) is 16.1 Å². The van der Waals surface area contributed by atoms with Gasteiger partial charge in [0.05, 0.1) is 22.4 Å². The number of aromatic nitrogens is 1. The van der Waals surface area contributed by atoms with Crippen LogP contribution < -0.4 is 4.74 Å². The summed E-state index contributed by atoms with van der Waals surface area (Å²) in [5.41, 5.74) is -1.10. The van der Waals surface area contributed by atoms with Crippen LogP contribution in [0.4, 0.5) is 26.3 Å². The van der Waals surface area contributed by atoms with E-state index in [1.807, 2.05) is 0 Å². The van der Waals surface area contributed by atoms with E-state index in [4.69, 9.17) is 0 Å². The Balaban J connectivity index is 1.93. The summed E-state index contributed by atoms with van der Waals surface area (Å²) in [5, 5.41) is 9.40. The Bertz CT molecular complexity index is 1610. The molecule has 37 heavy (non-hydrogen) atoms. The van der Waals surface area contributed by atoms with E-state index in [1.165, 1.54) is 18.2 Å². The van der Waals surface area contributed by atoms with Crippen molar-refractivity contribution in [3.8, 4) is 16.9 Å². The van der Waals surface area contributed by atoms with Gasteiger partial charge in [-0.25, -0.2) is 16.8 Å². The third kappa shape index (κ3) is 5.40. The van der Waals surface area contributed by atoms with Gasteiger partial charge in [-0.2, -0.15) is 22.0 Å². The standard InChI is InChI=1S/C24H15F6NO5S/c25-17-6-14(7-18(11-17)36-23(26)27)13-4-5-20-15(9-22(32)33)12-31(21(20)8-13)37(34,35)19-3-1-2-16(10-19)24(28,29)30/h1-8,10-12,23H,9H2,(H,32,33). The summed E-state index contributed by atoms with van der Waals surface area (Å²) in [4.78, 5) is 10.6. The summed E-state index contributed by atoms with van der Waals surface area (Å²) < 4.78 is 111. The number of carbonyl (C=O) groups is 1. The van der Waals surface area contributed by atoms with Gasteiger partial charge in [0.2, 0.25) is 0 Å². The second-order valence-corrected chi connectivity index (χ2v) is 9.65. The number of nitrogens with zero attached hydrogens (tertiary/aromatic N) is 1. The van der Waals surface area contributed by atoms with Gasteiger partial charge in [-0.3, -0.25) is 4.79 Å². The molecule has 13 heteroatoms. The van der Waals surface area contributed by atoms with Crippen LogP contribution in [0.25, 0.3) is 22.0 Å². The summed E-state index contributed by atoms with van der Waals surface area (Å²) in [6.07, 6.45) is -4.44. The van der Waals surface area contributed by atoms with Gasteiger partial charge >= 0.3 is 18.8 Å². The Kier molecular flexibility index (Phi) is 6.67. The first kappa shape index (κ1) is 26.1. The summed E-state index contributed by atoms with van der Waals surface area (Å²) in [6, 6.07) is 9.77. The zero-order valence-electron chi connectivity index (χ0n) is 18.3. The second kappa shape index (κ2) is 9.47. The highest BCUT2D eigenvalue weighted by atomic mass is 32.2. The van der Waals surface area contributed by atoms with E-state index in [0.717, 1.165) is 36.5 Å². The van der Waals surface area contributed by atoms with Gasteiger partial charge in [-0.05, 0) is 53.1 Å². The number of benzene rings is 3. The first-order valence-electron chi connectivity index (χ1n) is 10.3. The predicted octanol–water partition coefficient (Wildman–Crippen LogP) is 5.93. The lowest BCUT2D eigenvalue weighted by Gasteiger charge is -2.12. The maximum atomic E-state index is 14.1. The molecule has 1 heterocycles. The van der Waals surface area contributed by atoms with Crippen LogP contribution in [-0.2, 0) is 27.4 Å². The van der Waals surface area contributed by atoms with Gasteiger partial charge in [-0.15, -0.1) is 0 Å². The van der Waals surface area contributed by atoms with Crippen LogP contribution in [0.5, 0.6) is 5.75 Å². The van der Waals surface area contributed by atoms with Crippen molar-refractivity contribution in [3.05, 3.63) is 83.8 Å². The molecule has 6 nitrogen and oxygen atoms in total. The third-order valence-electron chi connectivity index (χ3n) is 5.34. The van der Waals surface area contributed by atoms with Crippen molar-refractivity contribution < 1.29 is 49.4 Å². The molecule has 4 aromatic rings. The molecule has 0 unspecified atom stereocenters. The molecule has 0 aliphatic heterocycles. The van der Waals surface area contributed by atoms with E-state index in [-0.39, 0.29) is 27.6 Å². The van der Waals surface area contributed by atoms with Crippen LogP contribution in [0, 0.1) is 5.82 Å². The van der Waals surface area contributed by atoms with Crippen molar-refractivity contribution in [2.45, 2.75) is 24.1 Å². The Morgan fingerprint density at radius 2 is 1.73 bits per heavy atom. The van der Waals surface area contributed by atoms with Crippen molar-refractivity contribution in [2.75, 3.05) is 0 Å². The highest BCUT2D eigenvalue weighted by Gasteiger charge is 2.32. The Hall–Kier alpha value is -4.00. The fourth-order valence-electron chi connectivity index (χ4n) is 3.80. The van der Waals surface area contributed by atoms with Crippen LogP contribution in [-0.4, -0.2) is 30.1 Å². The third-order valence-corrected chi connectivity index (χ3v) is 7.01. The van der Waals surface area contributed by atoms with Crippen molar-refractivity contribution >= 4 is 26.9 Å². The monoisotopic (exact) mass is 543 g/mol. The molecule has 0 amide bonds. The van der Waals surface area contributed by atoms with Gasteiger partial charge < -0.3 is 9.84 Å². The molecule has 3 aromatic carbocycles. The van der Waals surface area contributed by atoms with Crippen LogP contribution in [0.15, 0.2) is 71.8 Å². The van der Waals surface area contributed by atoms with Gasteiger partial charge in [-0.1, -0.05) is 18.2 Å². The molecule has 0 bridgehead atoms. The van der Waals surface area contributed by atoms with E-state index in [1.54, 1.807) is 0 Å². The fraction of sp³-hybridized carbons (Fsp3) is 0.125. The van der Waals surface area contributed by atoms with Crippen LogP contribution >= 0.6 is 0 Å². The number of alkyl halides is 5. The molecular weight excluding hydrogens is 528 g/mol. The number of aliphatic carboxylic acids is 1. The summed E-state index contributed by atoms with van der Waals surface area (Å²) in [5.74, 6) is -2.71. The van der Waals surface area contributed by atoms with Crippen LogP contribution in [0.1, 0.15) is 11.1 Å². The van der Waals surface area contributed by atoms with E-state index >= 15 is 0 Å².